The fourth-order valence-corrected chi connectivity index (χ4v) is 5.23. The van der Waals surface area contributed by atoms with Crippen molar-refractivity contribution >= 4 is 21.6 Å². The topological polar surface area (TPSA) is 88.3 Å². The largest absolute Gasteiger partial charge is 0.352 e. The molecule has 1 fully saturated rings. The van der Waals surface area contributed by atoms with Crippen LogP contribution in [0.3, 0.4) is 0 Å². The van der Waals surface area contributed by atoms with Crippen LogP contribution in [-0.2, 0) is 10.1 Å². The fourth-order valence-electron chi connectivity index (χ4n) is 4.11. The van der Waals surface area contributed by atoms with E-state index in [1.165, 1.54) is 23.0 Å². The Bertz CT molecular complexity index is 1130. The average Bonchev–Trinajstić information content (AvgIpc) is 3.12. The van der Waals surface area contributed by atoms with Gasteiger partial charge in [0, 0.05) is 37.2 Å². The molecule has 4 rings (SSSR count). The lowest BCUT2D eigenvalue weighted by Gasteiger charge is -2.44. The van der Waals surface area contributed by atoms with Crippen molar-refractivity contribution in [3.8, 4) is 11.4 Å². The van der Waals surface area contributed by atoms with Crippen LogP contribution in [0.2, 0.25) is 0 Å². The highest BCUT2D eigenvalue weighted by Crippen LogP contribution is 2.29. The highest BCUT2D eigenvalue weighted by Gasteiger charge is 2.33. The zero-order chi connectivity index (χ0) is 22.3. The molecule has 1 aliphatic rings. The van der Waals surface area contributed by atoms with Gasteiger partial charge in [0.2, 0.25) is 0 Å². The van der Waals surface area contributed by atoms with Crippen LogP contribution in [0, 0.1) is 5.92 Å². The molecule has 3 aromatic heterocycles. The third-order valence-electron chi connectivity index (χ3n) is 5.53. The average molecular weight is 452 g/mol. The quantitative estimate of drug-likeness (QED) is 0.580. The Morgan fingerprint density at radius 3 is 2.68 bits per heavy atom. The molecule has 1 saturated heterocycles. The van der Waals surface area contributed by atoms with E-state index >= 15 is 0 Å². The number of aromatic nitrogens is 5. The maximum atomic E-state index is 13.1. The van der Waals surface area contributed by atoms with Gasteiger partial charge in [-0.3, -0.25) is 8.93 Å². The van der Waals surface area contributed by atoms with Crippen molar-refractivity contribution in [3.63, 3.8) is 0 Å². The van der Waals surface area contributed by atoms with Gasteiger partial charge in [0.15, 0.2) is 5.65 Å². The third-order valence-corrected chi connectivity index (χ3v) is 6.48. The van der Waals surface area contributed by atoms with Crippen LogP contribution in [-0.4, -0.2) is 59.9 Å². The summed E-state index contributed by atoms with van der Waals surface area (Å²) in [5, 5.41) is 4.02. The first kappa shape index (κ1) is 21.7. The molecule has 8 nitrogen and oxygen atoms in total. The summed E-state index contributed by atoms with van der Waals surface area (Å²) in [6.45, 7) is 5.05. The first-order valence-corrected chi connectivity index (χ1v) is 12.8. The van der Waals surface area contributed by atoms with Crippen molar-refractivity contribution in [2.24, 2.45) is 5.92 Å². The highest BCUT2D eigenvalue weighted by molar-refractivity contribution is 7.99. The number of hydrogen-bond donors (Lipinski definition) is 2. The van der Waals surface area contributed by atoms with Crippen molar-refractivity contribution in [2.75, 3.05) is 24.0 Å². The number of anilines is 1. The Morgan fingerprint density at radius 2 is 1.97 bits per heavy atom. The van der Waals surface area contributed by atoms with Gasteiger partial charge in [-0.15, -0.1) is 0 Å². The fraction of sp³-hybridized carbons (Fsp3) is 0.500. The van der Waals surface area contributed by atoms with Crippen molar-refractivity contribution in [1.29, 1.82) is 0 Å². The molecule has 31 heavy (non-hydrogen) atoms. The maximum absolute atomic E-state index is 13.1. The number of halogens is 2. The van der Waals surface area contributed by atoms with Gasteiger partial charge in [0.1, 0.15) is 23.5 Å². The van der Waals surface area contributed by atoms with Crippen LogP contribution in [0.4, 0.5) is 14.6 Å². The predicted octanol–water partition coefficient (Wildman–Crippen LogP) is 2.51. The molecule has 0 aliphatic carbocycles. The van der Waals surface area contributed by atoms with E-state index in [4.69, 9.17) is 0 Å². The molecule has 0 unspecified atom stereocenters. The van der Waals surface area contributed by atoms with Crippen molar-refractivity contribution in [3.05, 3.63) is 36.4 Å². The number of thiol groups is 1. The molecule has 0 radical (unpaired) electrons. The van der Waals surface area contributed by atoms with Crippen LogP contribution in [0.15, 0.2) is 30.7 Å². The number of nitrogens with zero attached hydrogens (tertiary/aromatic N) is 6. The Labute approximate surface area is 180 Å². The molecule has 0 bridgehead atoms. The van der Waals surface area contributed by atoms with E-state index in [1.54, 1.807) is 18.7 Å². The summed E-state index contributed by atoms with van der Waals surface area (Å²) in [4.78, 5) is 15.2. The molecule has 0 amide bonds. The maximum Gasteiger partial charge on any atom is 0.282 e. The Hall–Kier alpha value is -2.53. The number of piperidine rings is 1. The van der Waals surface area contributed by atoms with Crippen LogP contribution < -0.4 is 9.62 Å². The molecule has 0 spiro atoms. The van der Waals surface area contributed by atoms with Gasteiger partial charge in [0.05, 0.1) is 11.9 Å². The lowest BCUT2D eigenvalue weighted by Crippen LogP contribution is -2.57. The Balaban J connectivity index is 1.69. The second kappa shape index (κ2) is 8.19. The van der Waals surface area contributed by atoms with E-state index in [0.29, 0.717) is 23.0 Å². The normalized spacial score (nSPS) is 22.9. The molecule has 168 valence electrons. The molecule has 0 aromatic carbocycles. The zero-order valence-electron chi connectivity index (χ0n) is 17.9. The summed E-state index contributed by atoms with van der Waals surface area (Å²) < 4.78 is 43.3. The number of alkyl halides is 2. The first-order chi connectivity index (χ1) is 14.6. The standard InChI is InChI=1S/C20H27F2N7OS/c1-12-7-15(27-31(3,4)30)13(2)28(10-12)19-8-16(24-11-25-19)17-9-23-18-6-5-14(20(21)22)26-29(17)18/h5-6,8-9,11-13,15,20,31H,7,10H2,1-4H3,(H,27,30)/t12-,13+,15+/m1/s1. The van der Waals surface area contributed by atoms with Crippen LogP contribution in [0.5, 0.6) is 0 Å². The molecule has 1 N–H and O–H groups in total. The van der Waals surface area contributed by atoms with Gasteiger partial charge >= 0.3 is 0 Å². The van der Waals surface area contributed by atoms with E-state index in [2.05, 4.69) is 43.5 Å². The lowest BCUT2D eigenvalue weighted by molar-refractivity contribution is 0.144. The van der Waals surface area contributed by atoms with E-state index in [1.807, 2.05) is 6.07 Å². The number of imidazole rings is 1. The minimum absolute atomic E-state index is 0.0639. The van der Waals surface area contributed by atoms with E-state index < -0.39 is 16.5 Å². The lowest BCUT2D eigenvalue weighted by atomic mass is 9.91. The van der Waals surface area contributed by atoms with Crippen molar-refractivity contribution < 1.29 is 13.0 Å². The second-order valence-electron chi connectivity index (χ2n) is 8.55. The van der Waals surface area contributed by atoms with Crippen LogP contribution >= 0.6 is 0 Å². The Kier molecular flexibility index (Phi) is 5.73. The van der Waals surface area contributed by atoms with Gasteiger partial charge in [-0.1, -0.05) is 17.0 Å². The third kappa shape index (κ3) is 4.57. The monoisotopic (exact) mass is 451 g/mol. The predicted molar refractivity (Wildman–Crippen MR) is 118 cm³/mol. The molecular formula is C20H27F2N7OS. The van der Waals surface area contributed by atoms with Crippen LogP contribution in [0.1, 0.15) is 32.4 Å². The summed E-state index contributed by atoms with van der Waals surface area (Å²) in [7, 11) is -2.40. The minimum Gasteiger partial charge on any atom is -0.352 e. The van der Waals surface area contributed by atoms with Crippen molar-refractivity contribution in [2.45, 2.75) is 38.8 Å². The van der Waals surface area contributed by atoms with E-state index in [9.17, 15) is 13.0 Å². The summed E-state index contributed by atoms with van der Waals surface area (Å²) in [5.41, 5.74) is 1.20. The van der Waals surface area contributed by atoms with Gasteiger partial charge in [-0.2, -0.15) is 5.10 Å². The van der Waals surface area contributed by atoms with E-state index in [0.717, 1.165) is 18.8 Å². The van der Waals surface area contributed by atoms with Gasteiger partial charge < -0.3 is 4.90 Å². The van der Waals surface area contributed by atoms with Gasteiger partial charge in [-0.05, 0) is 31.4 Å². The molecule has 3 aromatic rings. The number of hydrogen-bond acceptors (Lipinski definition) is 6. The van der Waals surface area contributed by atoms with Crippen molar-refractivity contribution in [1.82, 2.24) is 29.3 Å². The smallest absolute Gasteiger partial charge is 0.282 e. The molecular weight excluding hydrogens is 424 g/mol. The second-order valence-corrected chi connectivity index (χ2v) is 11.5. The summed E-state index contributed by atoms with van der Waals surface area (Å²) in [5.74, 6) is 1.10. The van der Waals surface area contributed by atoms with Gasteiger partial charge in [-0.25, -0.2) is 28.2 Å². The number of fused-ring (bicyclic) bond motifs is 1. The molecule has 0 saturated carbocycles. The van der Waals surface area contributed by atoms with Gasteiger partial charge in [0.25, 0.3) is 6.43 Å². The molecule has 4 heterocycles. The van der Waals surface area contributed by atoms with Crippen LogP contribution in [0.25, 0.3) is 17.0 Å². The highest BCUT2D eigenvalue weighted by atomic mass is 32.3. The summed E-state index contributed by atoms with van der Waals surface area (Å²) in [6, 6.07) is 4.74. The molecule has 11 heteroatoms. The first-order valence-electron chi connectivity index (χ1n) is 10.2. The number of rotatable bonds is 5. The SMILES string of the molecule is C[C@@H]1C[C@H](N[SH](C)(C)=O)[C@H](C)N(c2cc(-c3cnc4ccc(C(F)F)nn34)ncn2)C1. The minimum atomic E-state index is -2.67. The summed E-state index contributed by atoms with van der Waals surface area (Å²) >= 11 is 0. The summed E-state index contributed by atoms with van der Waals surface area (Å²) in [6.07, 6.45) is 4.75. The molecule has 3 atom stereocenters. The van der Waals surface area contributed by atoms with E-state index in [-0.39, 0.29) is 17.8 Å². The number of nitrogens with one attached hydrogen (secondary N) is 1. The Morgan fingerprint density at radius 1 is 1.19 bits per heavy atom. The molecule has 1 aliphatic heterocycles. The zero-order valence-corrected chi connectivity index (χ0v) is 18.8.